The monoisotopic (exact) mass is 356 g/mol. The second-order valence-electron chi connectivity index (χ2n) is 4.76. The fraction of sp³-hybridized carbons (Fsp3) is 0.286. The van der Waals surface area contributed by atoms with Gasteiger partial charge < -0.3 is 4.57 Å². The summed E-state index contributed by atoms with van der Waals surface area (Å²) < 4.78 is 30.1. The second-order valence-corrected chi connectivity index (χ2v) is 7.41. The Hall–Kier alpha value is -1.11. The molecule has 0 atom stereocenters. The lowest BCUT2D eigenvalue weighted by Gasteiger charge is -2.11. The average molecular weight is 357 g/mol. The molecule has 0 saturated heterocycles. The molecule has 2 aromatic rings. The molecule has 0 spiro atoms. The largest absolute Gasteiger partial charge is 0.351 e. The first-order chi connectivity index (χ1) is 9.31. The summed E-state index contributed by atoms with van der Waals surface area (Å²) in [7, 11) is -1.59. The Balaban J connectivity index is 2.24. The minimum atomic E-state index is -3.51. The number of sulfonamides is 1. The number of halogens is 1. The van der Waals surface area contributed by atoms with E-state index in [4.69, 9.17) is 0 Å². The lowest BCUT2D eigenvalue weighted by atomic mass is 10.2. The van der Waals surface area contributed by atoms with E-state index in [-0.39, 0.29) is 6.54 Å². The van der Waals surface area contributed by atoms with Crippen LogP contribution >= 0.6 is 15.9 Å². The summed E-state index contributed by atoms with van der Waals surface area (Å²) in [6, 6.07) is 9.12. The number of nitrogens with zero attached hydrogens (tertiary/aromatic N) is 1. The highest BCUT2D eigenvalue weighted by molar-refractivity contribution is 9.10. The summed E-state index contributed by atoms with van der Waals surface area (Å²) in [5.74, 6) is 0. The molecule has 108 valence electrons. The molecule has 1 aromatic carbocycles. The van der Waals surface area contributed by atoms with E-state index in [2.05, 4.69) is 20.7 Å². The molecule has 0 aliphatic heterocycles. The normalized spacial score (nSPS) is 11.8. The topological polar surface area (TPSA) is 51.1 Å². The number of hydrogen-bond donors (Lipinski definition) is 1. The molecule has 0 bridgehead atoms. The van der Waals surface area contributed by atoms with E-state index in [9.17, 15) is 8.42 Å². The van der Waals surface area contributed by atoms with Gasteiger partial charge in [-0.15, -0.1) is 0 Å². The smallest absolute Gasteiger partial charge is 0.241 e. The third kappa shape index (κ3) is 3.13. The summed E-state index contributed by atoms with van der Waals surface area (Å²) in [6.07, 6.45) is 0. The zero-order chi connectivity index (χ0) is 14.9. The fourth-order valence-electron chi connectivity index (χ4n) is 1.95. The van der Waals surface area contributed by atoms with Gasteiger partial charge in [0.05, 0.1) is 11.4 Å². The van der Waals surface area contributed by atoms with Crippen molar-refractivity contribution in [2.75, 3.05) is 0 Å². The zero-order valence-electron chi connectivity index (χ0n) is 11.6. The van der Waals surface area contributed by atoms with E-state index >= 15 is 0 Å². The standard InChI is InChI=1S/C14H17BrN2O2S/c1-10-4-6-12(15)8-14(10)20(18,19)16-9-13-7-5-11(2)17(13)3/h4-8,16H,9H2,1-3H3. The SMILES string of the molecule is Cc1ccc(Br)cc1S(=O)(=O)NCc1ccc(C)n1C. The molecule has 0 aliphatic rings. The van der Waals surface area contributed by atoms with Crippen molar-refractivity contribution in [1.82, 2.24) is 9.29 Å². The van der Waals surface area contributed by atoms with Crippen LogP contribution in [-0.2, 0) is 23.6 Å². The van der Waals surface area contributed by atoms with E-state index in [1.165, 1.54) is 0 Å². The van der Waals surface area contributed by atoms with Crippen LogP contribution in [-0.4, -0.2) is 13.0 Å². The summed E-state index contributed by atoms with van der Waals surface area (Å²) in [4.78, 5) is 0.304. The summed E-state index contributed by atoms with van der Waals surface area (Å²) in [5, 5.41) is 0. The van der Waals surface area contributed by atoms with Crippen molar-refractivity contribution in [2.24, 2.45) is 7.05 Å². The van der Waals surface area contributed by atoms with Crippen molar-refractivity contribution in [3.8, 4) is 0 Å². The first kappa shape index (κ1) is 15.3. The molecule has 0 amide bonds. The van der Waals surface area contributed by atoms with Crippen molar-refractivity contribution in [3.05, 3.63) is 51.8 Å². The van der Waals surface area contributed by atoms with Crippen LogP contribution in [0.5, 0.6) is 0 Å². The van der Waals surface area contributed by atoms with Crippen LogP contribution in [0, 0.1) is 13.8 Å². The van der Waals surface area contributed by atoms with Gasteiger partial charge in [0, 0.05) is 22.9 Å². The molecular formula is C14H17BrN2O2S. The molecular weight excluding hydrogens is 340 g/mol. The van der Waals surface area contributed by atoms with Crippen LogP contribution < -0.4 is 4.72 Å². The number of rotatable bonds is 4. The van der Waals surface area contributed by atoms with Crippen LogP contribution in [0.2, 0.25) is 0 Å². The van der Waals surface area contributed by atoms with Crippen molar-refractivity contribution in [2.45, 2.75) is 25.3 Å². The number of nitrogens with one attached hydrogen (secondary N) is 1. The average Bonchev–Trinajstić information content (AvgIpc) is 2.70. The highest BCUT2D eigenvalue weighted by Gasteiger charge is 2.17. The Kier molecular flexibility index (Phi) is 4.36. The van der Waals surface area contributed by atoms with E-state index in [0.29, 0.717) is 4.90 Å². The Labute approximate surface area is 128 Å². The van der Waals surface area contributed by atoms with Crippen molar-refractivity contribution < 1.29 is 8.42 Å². The van der Waals surface area contributed by atoms with E-state index in [1.807, 2.05) is 36.7 Å². The third-order valence-corrected chi connectivity index (χ3v) is 5.40. The molecule has 2 rings (SSSR count). The molecule has 6 heteroatoms. The molecule has 20 heavy (non-hydrogen) atoms. The Bertz CT molecular complexity index is 736. The molecule has 0 fully saturated rings. The molecule has 0 unspecified atom stereocenters. The highest BCUT2D eigenvalue weighted by Crippen LogP contribution is 2.20. The fourth-order valence-corrected chi connectivity index (χ4v) is 3.73. The van der Waals surface area contributed by atoms with Gasteiger partial charge in [0.2, 0.25) is 10.0 Å². The molecule has 4 nitrogen and oxygen atoms in total. The third-order valence-electron chi connectivity index (χ3n) is 3.36. The highest BCUT2D eigenvalue weighted by atomic mass is 79.9. The van der Waals surface area contributed by atoms with Gasteiger partial charge in [0.15, 0.2) is 0 Å². The van der Waals surface area contributed by atoms with Gasteiger partial charge in [0.25, 0.3) is 0 Å². The maximum atomic E-state index is 12.4. The van der Waals surface area contributed by atoms with Gasteiger partial charge >= 0.3 is 0 Å². The van der Waals surface area contributed by atoms with Crippen LogP contribution in [0.1, 0.15) is 17.0 Å². The van der Waals surface area contributed by atoms with Crippen LogP contribution in [0.3, 0.4) is 0 Å². The van der Waals surface area contributed by atoms with E-state index in [1.54, 1.807) is 19.1 Å². The Morgan fingerprint density at radius 3 is 2.50 bits per heavy atom. The Morgan fingerprint density at radius 2 is 1.90 bits per heavy atom. The quantitative estimate of drug-likeness (QED) is 0.915. The second kappa shape index (κ2) is 5.71. The summed E-state index contributed by atoms with van der Waals surface area (Å²) >= 11 is 3.30. The minimum Gasteiger partial charge on any atom is -0.351 e. The predicted molar refractivity (Wildman–Crippen MR) is 83.1 cm³/mol. The maximum absolute atomic E-state index is 12.4. The van der Waals surface area contributed by atoms with Crippen molar-refractivity contribution in [1.29, 1.82) is 0 Å². The van der Waals surface area contributed by atoms with Gasteiger partial charge in [-0.2, -0.15) is 0 Å². The zero-order valence-corrected chi connectivity index (χ0v) is 14.0. The van der Waals surface area contributed by atoms with E-state index < -0.39 is 10.0 Å². The van der Waals surface area contributed by atoms with Crippen molar-refractivity contribution in [3.63, 3.8) is 0 Å². The van der Waals surface area contributed by atoms with Crippen LogP contribution in [0.4, 0.5) is 0 Å². The molecule has 0 radical (unpaired) electrons. The summed E-state index contributed by atoms with van der Waals surface area (Å²) in [6.45, 7) is 4.04. The van der Waals surface area contributed by atoms with Gasteiger partial charge in [-0.3, -0.25) is 0 Å². The minimum absolute atomic E-state index is 0.276. The first-order valence-corrected chi connectivity index (χ1v) is 8.46. The Morgan fingerprint density at radius 1 is 1.20 bits per heavy atom. The van der Waals surface area contributed by atoms with Crippen LogP contribution in [0.25, 0.3) is 0 Å². The molecule has 1 heterocycles. The van der Waals surface area contributed by atoms with Gasteiger partial charge in [-0.1, -0.05) is 22.0 Å². The maximum Gasteiger partial charge on any atom is 0.241 e. The lowest BCUT2D eigenvalue weighted by molar-refractivity contribution is 0.578. The van der Waals surface area contributed by atoms with E-state index in [0.717, 1.165) is 21.4 Å². The summed E-state index contributed by atoms with van der Waals surface area (Å²) in [5.41, 5.74) is 2.75. The van der Waals surface area contributed by atoms with Crippen molar-refractivity contribution >= 4 is 26.0 Å². The number of benzene rings is 1. The number of aryl methyl sites for hydroxylation is 2. The van der Waals surface area contributed by atoms with Gasteiger partial charge in [-0.25, -0.2) is 13.1 Å². The van der Waals surface area contributed by atoms with Gasteiger partial charge in [0.1, 0.15) is 0 Å². The van der Waals surface area contributed by atoms with Crippen LogP contribution in [0.15, 0.2) is 39.7 Å². The molecule has 1 aromatic heterocycles. The molecule has 0 saturated carbocycles. The van der Waals surface area contributed by atoms with Gasteiger partial charge in [-0.05, 0) is 43.7 Å². The number of aromatic nitrogens is 1. The first-order valence-electron chi connectivity index (χ1n) is 6.18. The lowest BCUT2D eigenvalue weighted by Crippen LogP contribution is -2.25. The molecule has 1 N–H and O–H groups in total. The predicted octanol–water partition coefficient (Wildman–Crippen LogP) is 2.88. The number of hydrogen-bond acceptors (Lipinski definition) is 2. The molecule has 0 aliphatic carbocycles.